The van der Waals surface area contributed by atoms with Crippen LogP contribution in [0.15, 0.2) is 91.1 Å². The quantitative estimate of drug-likeness (QED) is 0.145. The Kier molecular flexibility index (Phi) is 6.29. The van der Waals surface area contributed by atoms with Crippen LogP contribution >= 0.6 is 23.5 Å². The third-order valence-electron chi connectivity index (χ3n) is 4.42. The van der Waals surface area contributed by atoms with E-state index in [9.17, 15) is 20.0 Å². The highest BCUT2D eigenvalue weighted by Crippen LogP contribution is 2.36. The summed E-state index contributed by atoms with van der Waals surface area (Å²) >= 11 is 2.25. The van der Waals surface area contributed by atoms with E-state index in [4.69, 9.17) is 4.42 Å². The molecule has 0 saturated heterocycles. The molecule has 4 rings (SSSR count). The average molecular weight is 465 g/mol. The largest absolute Gasteiger partial charge is 0.477 e. The molecule has 1 heterocycles. The predicted octanol–water partition coefficient (Wildman–Crippen LogP) is 6.41. The van der Waals surface area contributed by atoms with E-state index >= 15 is 0 Å². The molecule has 0 atom stereocenters. The predicted molar refractivity (Wildman–Crippen MR) is 124 cm³/mol. The van der Waals surface area contributed by atoms with Crippen LogP contribution in [0.5, 0.6) is 0 Å². The Morgan fingerprint density at radius 1 is 1.12 bits per heavy atom. The molecule has 1 N–H and O–H groups in total. The highest BCUT2D eigenvalue weighted by Gasteiger charge is 2.18. The molecular formula is C23H16N2O5S2. The smallest absolute Gasteiger partial charge is 0.342 e. The topological polar surface area (TPSA) is 106 Å². The number of para-hydroxylation sites is 2. The van der Waals surface area contributed by atoms with E-state index in [-0.39, 0.29) is 15.8 Å². The number of nitrogens with zero attached hydrogens (tertiary/aromatic N) is 2. The number of nitro groups is 1. The van der Waals surface area contributed by atoms with Gasteiger partial charge in [0.2, 0.25) is 0 Å². The van der Waals surface area contributed by atoms with Crippen LogP contribution in [-0.4, -0.2) is 21.0 Å². The standard InChI is InChI=1S/C23H16N2O5S2/c1-14-6-9-17(10-7-14)31-20-11-8-16(25(28)29)12-15(20)13-21(22(26)27)32-23-24-18-4-2-3-5-19(18)30-23/h2-13H,1H3,(H,26,27)/b21-13+. The minimum atomic E-state index is -1.19. The molecule has 32 heavy (non-hydrogen) atoms. The van der Waals surface area contributed by atoms with Gasteiger partial charge in [0.05, 0.1) is 4.92 Å². The average Bonchev–Trinajstić information content (AvgIpc) is 3.18. The number of hydrogen-bond donors (Lipinski definition) is 1. The third-order valence-corrected chi connectivity index (χ3v) is 6.38. The van der Waals surface area contributed by atoms with Crippen LogP contribution in [0, 0.1) is 17.0 Å². The first-order chi connectivity index (χ1) is 15.4. The fourth-order valence-electron chi connectivity index (χ4n) is 2.85. The summed E-state index contributed by atoms with van der Waals surface area (Å²) in [5.41, 5.74) is 2.57. The summed E-state index contributed by atoms with van der Waals surface area (Å²) in [5, 5.41) is 21.2. The number of aliphatic carboxylic acids is 1. The highest BCUT2D eigenvalue weighted by molar-refractivity contribution is 8.04. The minimum absolute atomic E-state index is 0.0668. The lowest BCUT2D eigenvalue weighted by Crippen LogP contribution is -1.98. The summed E-state index contributed by atoms with van der Waals surface area (Å²) in [4.78, 5) is 28.6. The molecule has 0 aliphatic heterocycles. The van der Waals surface area contributed by atoms with Crippen molar-refractivity contribution in [2.75, 3.05) is 0 Å². The molecule has 9 heteroatoms. The fourth-order valence-corrected chi connectivity index (χ4v) is 4.49. The van der Waals surface area contributed by atoms with Crippen LogP contribution in [0.2, 0.25) is 0 Å². The van der Waals surface area contributed by atoms with Gasteiger partial charge in [0.15, 0.2) is 5.58 Å². The first kappa shape index (κ1) is 21.7. The molecule has 0 radical (unpaired) electrons. The molecule has 0 spiro atoms. The van der Waals surface area contributed by atoms with Gasteiger partial charge < -0.3 is 9.52 Å². The van der Waals surface area contributed by atoms with Gasteiger partial charge in [-0.25, -0.2) is 9.78 Å². The number of carboxylic acids is 1. The van der Waals surface area contributed by atoms with Gasteiger partial charge in [-0.05, 0) is 60.7 Å². The van der Waals surface area contributed by atoms with Crippen molar-refractivity contribution in [3.63, 3.8) is 0 Å². The number of benzene rings is 3. The number of thioether (sulfide) groups is 1. The molecular weight excluding hydrogens is 448 g/mol. The van der Waals surface area contributed by atoms with E-state index < -0.39 is 10.9 Å². The lowest BCUT2D eigenvalue weighted by Gasteiger charge is -2.08. The monoisotopic (exact) mass is 464 g/mol. The van der Waals surface area contributed by atoms with Crippen molar-refractivity contribution in [2.24, 2.45) is 0 Å². The number of oxazole rings is 1. The number of aromatic nitrogens is 1. The Labute approximate surface area is 191 Å². The summed E-state index contributed by atoms with van der Waals surface area (Å²) in [6, 6.07) is 19.3. The van der Waals surface area contributed by atoms with Crippen molar-refractivity contribution in [1.82, 2.24) is 4.98 Å². The summed E-state index contributed by atoms with van der Waals surface area (Å²) in [6.45, 7) is 1.98. The van der Waals surface area contributed by atoms with Gasteiger partial charge >= 0.3 is 5.97 Å². The van der Waals surface area contributed by atoms with Crippen LogP contribution in [0.1, 0.15) is 11.1 Å². The molecule has 0 saturated carbocycles. The van der Waals surface area contributed by atoms with E-state index in [1.807, 2.05) is 37.3 Å². The summed E-state index contributed by atoms with van der Waals surface area (Å²) in [7, 11) is 0. The van der Waals surface area contributed by atoms with E-state index in [0.717, 1.165) is 22.2 Å². The molecule has 1 aromatic heterocycles. The maximum Gasteiger partial charge on any atom is 0.342 e. The summed E-state index contributed by atoms with van der Waals surface area (Å²) in [5.74, 6) is -1.19. The van der Waals surface area contributed by atoms with E-state index in [1.165, 1.54) is 30.0 Å². The van der Waals surface area contributed by atoms with Gasteiger partial charge in [-0.1, -0.05) is 41.6 Å². The molecule has 4 aromatic rings. The maximum atomic E-state index is 12.0. The zero-order valence-corrected chi connectivity index (χ0v) is 18.4. The molecule has 0 fully saturated rings. The van der Waals surface area contributed by atoms with Crippen molar-refractivity contribution in [3.05, 3.63) is 92.9 Å². The minimum Gasteiger partial charge on any atom is -0.477 e. The van der Waals surface area contributed by atoms with Gasteiger partial charge in [-0.15, -0.1) is 0 Å². The Bertz CT molecular complexity index is 1310. The number of non-ortho nitro benzene ring substituents is 1. The second-order valence-corrected chi connectivity index (χ2v) is 8.87. The Morgan fingerprint density at radius 2 is 1.88 bits per heavy atom. The number of nitro benzene ring substituents is 1. The van der Waals surface area contributed by atoms with Gasteiger partial charge in [0.25, 0.3) is 10.9 Å². The zero-order chi connectivity index (χ0) is 22.7. The molecule has 0 unspecified atom stereocenters. The Balaban J connectivity index is 1.73. The van der Waals surface area contributed by atoms with Gasteiger partial charge in [0, 0.05) is 21.9 Å². The lowest BCUT2D eigenvalue weighted by atomic mass is 10.2. The highest BCUT2D eigenvalue weighted by atomic mass is 32.2. The number of fused-ring (bicyclic) bond motifs is 1. The normalized spacial score (nSPS) is 11.6. The molecule has 0 aliphatic rings. The van der Waals surface area contributed by atoms with Crippen molar-refractivity contribution in [2.45, 2.75) is 21.9 Å². The van der Waals surface area contributed by atoms with E-state index in [1.54, 1.807) is 24.3 Å². The molecule has 0 aliphatic carbocycles. The van der Waals surface area contributed by atoms with Crippen molar-refractivity contribution < 1.29 is 19.2 Å². The van der Waals surface area contributed by atoms with Gasteiger partial charge in [-0.3, -0.25) is 10.1 Å². The summed E-state index contributed by atoms with van der Waals surface area (Å²) in [6.07, 6.45) is 1.41. The SMILES string of the molecule is Cc1ccc(Sc2ccc([N+](=O)[O-])cc2/C=C(/Sc2nc3ccccc3o2)C(=O)O)cc1. The van der Waals surface area contributed by atoms with Crippen LogP contribution in [0.4, 0.5) is 5.69 Å². The van der Waals surface area contributed by atoms with Crippen LogP contribution < -0.4 is 0 Å². The number of hydrogen-bond acceptors (Lipinski definition) is 7. The van der Waals surface area contributed by atoms with E-state index in [0.29, 0.717) is 21.6 Å². The number of carboxylic acid groups (broad SMARTS) is 1. The van der Waals surface area contributed by atoms with Gasteiger partial charge in [-0.2, -0.15) is 0 Å². The molecule has 3 aromatic carbocycles. The van der Waals surface area contributed by atoms with E-state index in [2.05, 4.69) is 4.98 Å². The van der Waals surface area contributed by atoms with Crippen LogP contribution in [0.3, 0.4) is 0 Å². The van der Waals surface area contributed by atoms with Crippen molar-refractivity contribution in [3.8, 4) is 0 Å². The first-order valence-corrected chi connectivity index (χ1v) is 11.0. The maximum absolute atomic E-state index is 12.0. The molecule has 0 bridgehead atoms. The molecule has 160 valence electrons. The number of rotatable bonds is 7. The first-order valence-electron chi connectivity index (χ1n) is 9.40. The Morgan fingerprint density at radius 3 is 2.56 bits per heavy atom. The van der Waals surface area contributed by atoms with Crippen LogP contribution in [-0.2, 0) is 4.79 Å². The molecule has 0 amide bonds. The van der Waals surface area contributed by atoms with Crippen molar-refractivity contribution >= 4 is 52.4 Å². The molecule has 7 nitrogen and oxygen atoms in total. The zero-order valence-electron chi connectivity index (χ0n) is 16.7. The number of carbonyl (C=O) groups is 1. The van der Waals surface area contributed by atoms with Gasteiger partial charge in [0.1, 0.15) is 10.4 Å². The van der Waals surface area contributed by atoms with Crippen molar-refractivity contribution in [1.29, 1.82) is 0 Å². The second kappa shape index (κ2) is 9.29. The number of aryl methyl sites for hydroxylation is 1. The van der Waals surface area contributed by atoms with Crippen LogP contribution in [0.25, 0.3) is 17.2 Å². The lowest BCUT2D eigenvalue weighted by molar-refractivity contribution is -0.384. The second-order valence-electron chi connectivity index (χ2n) is 6.76. The Hall–Kier alpha value is -3.56. The summed E-state index contributed by atoms with van der Waals surface area (Å²) < 4.78 is 5.62. The fraction of sp³-hybridized carbons (Fsp3) is 0.0435. The third kappa shape index (κ3) is 5.01.